The molecule has 0 aliphatic carbocycles. The summed E-state index contributed by atoms with van der Waals surface area (Å²) in [5.74, 6) is 0. The zero-order chi connectivity index (χ0) is 26.4. The highest BCUT2D eigenvalue weighted by Gasteiger charge is 2.50. The Labute approximate surface area is 208 Å². The molecule has 35 heavy (non-hydrogen) atoms. The van der Waals surface area contributed by atoms with Crippen molar-refractivity contribution in [3.63, 3.8) is 0 Å². The highest BCUT2D eigenvalue weighted by molar-refractivity contribution is 8.07. The maximum absolute atomic E-state index is 14.8. The number of carbonyl (C=O) groups is 3. The molecule has 0 aliphatic rings. The van der Waals surface area contributed by atoms with Gasteiger partial charge >= 0.3 is 0 Å². The van der Waals surface area contributed by atoms with Crippen molar-refractivity contribution in [2.24, 2.45) is 0 Å². The summed E-state index contributed by atoms with van der Waals surface area (Å²) in [7, 11) is -4.77. The predicted octanol–water partition coefficient (Wildman–Crippen LogP) is 7.65. The van der Waals surface area contributed by atoms with Crippen LogP contribution in [0.25, 0.3) is 0 Å². The van der Waals surface area contributed by atoms with E-state index < -0.39 is 23.7 Å². The van der Waals surface area contributed by atoms with Crippen LogP contribution in [-0.4, -0.2) is 16.6 Å². The Bertz CT molecular complexity index is 1340. The average molecular weight is 489 g/mol. The molecule has 0 saturated heterocycles. The summed E-state index contributed by atoms with van der Waals surface area (Å²) >= 11 is 0. The number of hydrogen-bond donors (Lipinski definition) is 0. The van der Waals surface area contributed by atoms with Gasteiger partial charge in [0.15, 0.2) is 0 Å². The van der Waals surface area contributed by atoms with Crippen LogP contribution >= 0.6 is 7.14 Å². The van der Waals surface area contributed by atoms with E-state index in [0.29, 0.717) is 27.8 Å². The molecule has 0 N–H and O–H groups in total. The molecule has 0 aromatic heterocycles. The third-order valence-corrected chi connectivity index (χ3v) is 9.33. The lowest BCUT2D eigenvalue weighted by molar-refractivity contribution is 0.100. The summed E-state index contributed by atoms with van der Waals surface area (Å²) in [5.41, 5.74) is 4.61. The minimum Gasteiger partial charge on any atom is -0.298 e. The Balaban J connectivity index is 2.37. The van der Waals surface area contributed by atoms with Gasteiger partial charge in [0.05, 0.1) is 0 Å². The molecule has 0 amide bonds. The molecular formula is C30H33O4P. The fourth-order valence-electron chi connectivity index (χ4n) is 4.98. The van der Waals surface area contributed by atoms with E-state index in [1.165, 1.54) is 0 Å². The van der Waals surface area contributed by atoms with Crippen LogP contribution in [0.4, 0.5) is 0 Å². The molecule has 3 aromatic rings. The molecule has 0 spiro atoms. The van der Waals surface area contributed by atoms with Gasteiger partial charge in [0.2, 0.25) is 16.6 Å². The number of aryl methyl sites for hydroxylation is 7. The van der Waals surface area contributed by atoms with Crippen LogP contribution in [0.15, 0.2) is 36.4 Å². The summed E-state index contributed by atoms with van der Waals surface area (Å²) in [6.45, 7) is 16.4. The quantitative estimate of drug-likeness (QED) is 0.334. The standard InChI is InChI=1S/C30H33O4P/c1-16-12-19(4)26(20(5)13-16)29(32)35(34,28(31)25-11-10-18(3)23(8)24(25)9)30(33)27-21(6)14-17(2)15-22(27)7/h10-15H,1-9H3. The Hall–Kier alpha value is -3.10. The highest BCUT2D eigenvalue weighted by Crippen LogP contribution is 2.56. The van der Waals surface area contributed by atoms with Gasteiger partial charge in [0.1, 0.15) is 0 Å². The number of hydrogen-bond acceptors (Lipinski definition) is 4. The Kier molecular flexibility index (Phi) is 7.20. The van der Waals surface area contributed by atoms with Gasteiger partial charge in [-0.25, -0.2) is 0 Å². The first-order valence-corrected chi connectivity index (χ1v) is 13.4. The molecule has 0 saturated carbocycles. The lowest BCUT2D eigenvalue weighted by Crippen LogP contribution is -2.22. The molecule has 5 heteroatoms. The Morgan fingerprint density at radius 1 is 0.514 bits per heavy atom. The van der Waals surface area contributed by atoms with Crippen LogP contribution in [-0.2, 0) is 4.57 Å². The lowest BCUT2D eigenvalue weighted by Gasteiger charge is -2.21. The largest absolute Gasteiger partial charge is 0.298 e. The second kappa shape index (κ2) is 9.51. The average Bonchev–Trinajstić information content (AvgIpc) is 2.75. The fraction of sp³-hybridized carbons (Fsp3) is 0.300. The Morgan fingerprint density at radius 3 is 1.26 bits per heavy atom. The Morgan fingerprint density at radius 2 is 0.886 bits per heavy atom. The topological polar surface area (TPSA) is 68.3 Å². The van der Waals surface area contributed by atoms with Gasteiger partial charge in [0, 0.05) is 16.7 Å². The molecule has 0 aliphatic heterocycles. The van der Waals surface area contributed by atoms with Crippen molar-refractivity contribution in [1.29, 1.82) is 0 Å². The summed E-state index contributed by atoms with van der Waals surface area (Å²) in [6.07, 6.45) is 0. The molecule has 0 heterocycles. The van der Waals surface area contributed by atoms with E-state index in [9.17, 15) is 18.9 Å². The summed E-state index contributed by atoms with van der Waals surface area (Å²) in [5, 5.41) is 0. The maximum Gasteiger partial charge on any atom is 0.287 e. The molecule has 3 aromatic carbocycles. The van der Waals surface area contributed by atoms with Gasteiger partial charge in [-0.2, -0.15) is 0 Å². The van der Waals surface area contributed by atoms with Crippen molar-refractivity contribution in [3.8, 4) is 0 Å². The first-order chi connectivity index (χ1) is 16.2. The SMILES string of the molecule is Cc1cc(C)c(C(=O)P(=O)(C(=O)c2ccc(C)c(C)c2C)C(=O)c2c(C)cc(C)cc2C)c(C)c1. The van der Waals surface area contributed by atoms with Gasteiger partial charge in [-0.3, -0.25) is 18.9 Å². The van der Waals surface area contributed by atoms with Gasteiger partial charge in [0.25, 0.3) is 7.14 Å². The maximum atomic E-state index is 14.8. The van der Waals surface area contributed by atoms with Crippen LogP contribution < -0.4 is 0 Å². The number of benzene rings is 3. The third kappa shape index (κ3) is 4.48. The van der Waals surface area contributed by atoms with Crippen LogP contribution in [0.5, 0.6) is 0 Å². The van der Waals surface area contributed by atoms with Crippen LogP contribution in [0.1, 0.15) is 81.1 Å². The minimum atomic E-state index is -4.77. The zero-order valence-corrected chi connectivity index (χ0v) is 22.9. The molecule has 0 bridgehead atoms. The van der Waals surface area contributed by atoms with Gasteiger partial charge in [-0.05, 0) is 101 Å². The molecule has 0 fully saturated rings. The predicted molar refractivity (Wildman–Crippen MR) is 143 cm³/mol. The van der Waals surface area contributed by atoms with Crippen molar-refractivity contribution in [1.82, 2.24) is 0 Å². The van der Waals surface area contributed by atoms with Crippen LogP contribution in [0.3, 0.4) is 0 Å². The van der Waals surface area contributed by atoms with E-state index >= 15 is 0 Å². The highest BCUT2D eigenvalue weighted by atomic mass is 31.2. The van der Waals surface area contributed by atoms with Crippen molar-refractivity contribution in [2.45, 2.75) is 62.3 Å². The van der Waals surface area contributed by atoms with E-state index in [4.69, 9.17) is 0 Å². The van der Waals surface area contributed by atoms with Crippen molar-refractivity contribution < 1.29 is 18.9 Å². The first kappa shape index (κ1) is 26.5. The molecule has 182 valence electrons. The van der Waals surface area contributed by atoms with Crippen molar-refractivity contribution >= 4 is 23.7 Å². The van der Waals surface area contributed by atoms with Crippen LogP contribution in [0.2, 0.25) is 0 Å². The zero-order valence-electron chi connectivity index (χ0n) is 22.0. The second-order valence-corrected chi connectivity index (χ2v) is 12.2. The summed E-state index contributed by atoms with van der Waals surface area (Å²) in [6, 6.07) is 10.6. The van der Waals surface area contributed by atoms with E-state index in [2.05, 4.69) is 0 Å². The number of rotatable bonds is 6. The molecule has 0 radical (unpaired) electrons. The molecule has 0 unspecified atom stereocenters. The molecule has 4 nitrogen and oxygen atoms in total. The van der Waals surface area contributed by atoms with E-state index in [-0.39, 0.29) is 16.7 Å². The lowest BCUT2D eigenvalue weighted by atomic mass is 9.99. The second-order valence-electron chi connectivity index (χ2n) is 9.75. The third-order valence-electron chi connectivity index (χ3n) is 6.93. The van der Waals surface area contributed by atoms with Crippen molar-refractivity contribution in [2.75, 3.05) is 0 Å². The van der Waals surface area contributed by atoms with Crippen molar-refractivity contribution in [3.05, 3.63) is 103 Å². The van der Waals surface area contributed by atoms with Crippen LogP contribution in [0, 0.1) is 62.3 Å². The fourth-order valence-corrected chi connectivity index (χ4v) is 7.45. The molecular weight excluding hydrogens is 455 g/mol. The molecule has 3 rings (SSSR count). The summed E-state index contributed by atoms with van der Waals surface area (Å²) < 4.78 is 14.8. The van der Waals surface area contributed by atoms with Gasteiger partial charge in [-0.1, -0.05) is 47.5 Å². The monoisotopic (exact) mass is 488 g/mol. The van der Waals surface area contributed by atoms with E-state index in [1.807, 2.05) is 52.0 Å². The smallest absolute Gasteiger partial charge is 0.287 e. The van der Waals surface area contributed by atoms with Gasteiger partial charge in [-0.15, -0.1) is 0 Å². The van der Waals surface area contributed by atoms with Gasteiger partial charge < -0.3 is 0 Å². The van der Waals surface area contributed by atoms with E-state index in [0.717, 1.165) is 22.3 Å². The normalized spacial score (nSPS) is 11.5. The summed E-state index contributed by atoms with van der Waals surface area (Å²) in [4.78, 5) is 42.2. The van der Waals surface area contributed by atoms with E-state index in [1.54, 1.807) is 46.8 Å². The first-order valence-electron chi connectivity index (χ1n) is 11.7. The minimum absolute atomic E-state index is 0.156. The number of carbonyl (C=O) groups excluding carboxylic acids is 3. The molecule has 0 atom stereocenters.